The first-order chi connectivity index (χ1) is 16.3. The van der Waals surface area contributed by atoms with Gasteiger partial charge in [-0.3, -0.25) is 4.79 Å². The molecule has 0 saturated carbocycles. The second-order valence-corrected chi connectivity index (χ2v) is 9.65. The normalized spacial score (nSPS) is 11.2. The second-order valence-electron chi connectivity index (χ2n) is 7.06. The summed E-state index contributed by atoms with van der Waals surface area (Å²) in [5, 5.41) is 5.78. The first kappa shape index (κ1) is 24.6. The van der Waals surface area contributed by atoms with Crippen molar-refractivity contribution >= 4 is 78.2 Å². The van der Waals surface area contributed by atoms with Crippen LogP contribution in [0.15, 0.2) is 73.1 Å². The van der Waals surface area contributed by atoms with Crippen LogP contribution in [0.2, 0.25) is 10.0 Å². The molecule has 34 heavy (non-hydrogen) atoms. The minimum absolute atomic E-state index is 0.162. The van der Waals surface area contributed by atoms with E-state index in [0.717, 1.165) is 15.4 Å². The number of benzene rings is 3. The fourth-order valence-electron chi connectivity index (χ4n) is 3.09. The lowest BCUT2D eigenvalue weighted by molar-refractivity contribution is 0.0929. The van der Waals surface area contributed by atoms with Gasteiger partial charge in [0.2, 0.25) is 0 Å². The van der Waals surface area contributed by atoms with E-state index in [1.54, 1.807) is 36.4 Å². The standard InChI is InChI=1S/C24H16Br2Cl2N2O4/c1-32-21-8-14(6-17(26)23(21)33-12-13-2-4-18(27)19(28)7-13)11-29-30-24(31)22-10-15-9-16(25)3-5-20(15)34-22/h2-11H,12H2,1H3,(H,30,31)/b29-11-. The number of hydrogen-bond acceptors (Lipinski definition) is 5. The summed E-state index contributed by atoms with van der Waals surface area (Å²) in [6, 6.07) is 16.0. The molecular formula is C24H16Br2Cl2N2O4. The molecule has 174 valence electrons. The third-order valence-electron chi connectivity index (χ3n) is 4.70. The Morgan fingerprint density at radius 2 is 1.91 bits per heavy atom. The quantitative estimate of drug-likeness (QED) is 0.169. The Labute approximate surface area is 222 Å². The van der Waals surface area contributed by atoms with Crippen molar-refractivity contribution in [2.24, 2.45) is 5.10 Å². The van der Waals surface area contributed by atoms with Crippen LogP contribution in [0.3, 0.4) is 0 Å². The number of methoxy groups -OCH3 is 1. The van der Waals surface area contributed by atoms with Crippen LogP contribution >= 0.6 is 55.1 Å². The molecule has 0 aliphatic carbocycles. The first-order valence-corrected chi connectivity index (χ1v) is 12.1. The van der Waals surface area contributed by atoms with E-state index in [1.807, 2.05) is 18.2 Å². The van der Waals surface area contributed by atoms with Crippen molar-refractivity contribution in [2.45, 2.75) is 6.61 Å². The van der Waals surface area contributed by atoms with E-state index in [0.29, 0.717) is 37.2 Å². The minimum atomic E-state index is -0.462. The summed E-state index contributed by atoms with van der Waals surface area (Å²) in [7, 11) is 1.54. The number of rotatable bonds is 7. The maximum Gasteiger partial charge on any atom is 0.307 e. The molecule has 4 aromatic rings. The van der Waals surface area contributed by atoms with Crippen molar-refractivity contribution in [1.82, 2.24) is 5.43 Å². The Hall–Kier alpha value is -2.52. The Bertz CT molecular complexity index is 1410. The molecule has 0 aliphatic rings. The van der Waals surface area contributed by atoms with Crippen LogP contribution in [-0.4, -0.2) is 19.2 Å². The largest absolute Gasteiger partial charge is 0.493 e. The summed E-state index contributed by atoms with van der Waals surface area (Å²) in [5.74, 6) is 0.708. The lowest BCUT2D eigenvalue weighted by Gasteiger charge is -2.14. The zero-order valence-corrected chi connectivity index (χ0v) is 22.3. The number of furan rings is 1. The average Bonchev–Trinajstić information content (AvgIpc) is 3.23. The molecule has 1 amide bonds. The SMILES string of the molecule is COc1cc(/C=N\NC(=O)c2cc3cc(Br)ccc3o2)cc(Br)c1OCc1ccc(Cl)c(Cl)c1. The third kappa shape index (κ3) is 5.75. The highest BCUT2D eigenvalue weighted by Crippen LogP contribution is 2.37. The number of ether oxygens (including phenoxy) is 2. The summed E-state index contributed by atoms with van der Waals surface area (Å²) >= 11 is 18.9. The molecule has 0 aliphatic heterocycles. The first-order valence-electron chi connectivity index (χ1n) is 9.81. The van der Waals surface area contributed by atoms with Gasteiger partial charge in [0.15, 0.2) is 17.3 Å². The molecule has 0 unspecified atom stereocenters. The zero-order chi connectivity index (χ0) is 24.2. The molecular weight excluding hydrogens is 611 g/mol. The fourth-order valence-corrected chi connectivity index (χ4v) is 4.36. The van der Waals surface area contributed by atoms with Gasteiger partial charge in [-0.05, 0) is 75.6 Å². The van der Waals surface area contributed by atoms with Gasteiger partial charge in [-0.15, -0.1) is 0 Å². The van der Waals surface area contributed by atoms with Gasteiger partial charge in [0.05, 0.1) is 27.8 Å². The van der Waals surface area contributed by atoms with E-state index in [2.05, 4.69) is 42.4 Å². The van der Waals surface area contributed by atoms with Crippen LogP contribution in [-0.2, 0) is 6.61 Å². The zero-order valence-electron chi connectivity index (χ0n) is 17.6. The highest BCUT2D eigenvalue weighted by Gasteiger charge is 2.14. The van der Waals surface area contributed by atoms with E-state index >= 15 is 0 Å². The topological polar surface area (TPSA) is 73.1 Å². The number of carbonyl (C=O) groups excluding carboxylic acids is 1. The smallest absolute Gasteiger partial charge is 0.307 e. The van der Waals surface area contributed by atoms with Gasteiger partial charge in [0.25, 0.3) is 0 Å². The Balaban J connectivity index is 1.44. The van der Waals surface area contributed by atoms with E-state index in [-0.39, 0.29) is 12.4 Å². The van der Waals surface area contributed by atoms with Crippen LogP contribution in [0.25, 0.3) is 11.0 Å². The lowest BCUT2D eigenvalue weighted by atomic mass is 10.2. The Kier molecular flexibility index (Phi) is 7.83. The van der Waals surface area contributed by atoms with E-state index < -0.39 is 5.91 Å². The predicted molar refractivity (Wildman–Crippen MR) is 140 cm³/mol. The van der Waals surface area contributed by atoms with E-state index in [1.165, 1.54) is 13.3 Å². The van der Waals surface area contributed by atoms with Crippen molar-refractivity contribution < 1.29 is 18.7 Å². The molecule has 1 heterocycles. The summed E-state index contributed by atoms with van der Waals surface area (Å²) in [4.78, 5) is 12.4. The molecule has 3 aromatic carbocycles. The highest BCUT2D eigenvalue weighted by atomic mass is 79.9. The van der Waals surface area contributed by atoms with Crippen LogP contribution in [0.1, 0.15) is 21.7 Å². The van der Waals surface area contributed by atoms with Crippen molar-refractivity contribution in [3.8, 4) is 11.5 Å². The predicted octanol–water partition coefficient (Wildman–Crippen LogP) is 7.62. The second kappa shape index (κ2) is 10.8. The number of halogens is 4. The molecule has 0 radical (unpaired) electrons. The number of carbonyl (C=O) groups is 1. The number of amides is 1. The monoisotopic (exact) mass is 624 g/mol. The van der Waals surface area contributed by atoms with Gasteiger partial charge in [-0.2, -0.15) is 5.10 Å². The summed E-state index contributed by atoms with van der Waals surface area (Å²) in [6.07, 6.45) is 1.49. The average molecular weight is 627 g/mol. The van der Waals surface area contributed by atoms with Crippen LogP contribution in [0, 0.1) is 0 Å². The van der Waals surface area contributed by atoms with E-state index in [4.69, 9.17) is 37.1 Å². The molecule has 0 atom stereocenters. The third-order valence-corrected chi connectivity index (χ3v) is 6.52. The van der Waals surface area contributed by atoms with Gasteiger partial charge in [0, 0.05) is 9.86 Å². The van der Waals surface area contributed by atoms with Crippen LogP contribution in [0.5, 0.6) is 11.5 Å². The summed E-state index contributed by atoms with van der Waals surface area (Å²) in [6.45, 7) is 0.267. The molecule has 4 rings (SSSR count). The molecule has 0 bridgehead atoms. The van der Waals surface area contributed by atoms with Gasteiger partial charge in [-0.25, -0.2) is 5.43 Å². The highest BCUT2D eigenvalue weighted by molar-refractivity contribution is 9.10. The Morgan fingerprint density at radius 1 is 1.09 bits per heavy atom. The molecule has 0 spiro atoms. The molecule has 1 N–H and O–H groups in total. The van der Waals surface area contributed by atoms with Gasteiger partial charge >= 0.3 is 5.91 Å². The molecule has 6 nitrogen and oxygen atoms in total. The fraction of sp³-hybridized carbons (Fsp3) is 0.0833. The number of nitrogens with one attached hydrogen (secondary N) is 1. The lowest BCUT2D eigenvalue weighted by Crippen LogP contribution is -2.16. The number of nitrogens with zero attached hydrogens (tertiary/aromatic N) is 1. The number of fused-ring (bicyclic) bond motifs is 1. The van der Waals surface area contributed by atoms with Crippen LogP contribution < -0.4 is 14.9 Å². The maximum atomic E-state index is 12.4. The number of hydrogen-bond donors (Lipinski definition) is 1. The summed E-state index contributed by atoms with van der Waals surface area (Å²) in [5.41, 5.74) is 4.62. The van der Waals surface area contributed by atoms with Gasteiger partial charge in [0.1, 0.15) is 12.2 Å². The van der Waals surface area contributed by atoms with Crippen LogP contribution in [0.4, 0.5) is 0 Å². The maximum absolute atomic E-state index is 12.4. The molecule has 0 fully saturated rings. The molecule has 0 saturated heterocycles. The summed E-state index contributed by atoms with van der Waals surface area (Å²) < 4.78 is 18.5. The molecule has 1 aromatic heterocycles. The Morgan fingerprint density at radius 3 is 2.68 bits per heavy atom. The molecule has 10 heteroatoms. The van der Waals surface area contributed by atoms with Gasteiger partial charge < -0.3 is 13.9 Å². The van der Waals surface area contributed by atoms with Crippen molar-refractivity contribution in [3.63, 3.8) is 0 Å². The van der Waals surface area contributed by atoms with Gasteiger partial charge in [-0.1, -0.05) is 45.2 Å². The van der Waals surface area contributed by atoms with Crippen molar-refractivity contribution in [1.29, 1.82) is 0 Å². The number of hydrazone groups is 1. The van der Waals surface area contributed by atoms with Crippen molar-refractivity contribution in [3.05, 3.63) is 90.5 Å². The van der Waals surface area contributed by atoms with E-state index in [9.17, 15) is 4.79 Å². The van der Waals surface area contributed by atoms with Crippen molar-refractivity contribution in [2.75, 3.05) is 7.11 Å². The minimum Gasteiger partial charge on any atom is -0.493 e.